The zero-order valence-electron chi connectivity index (χ0n) is 14.4. The van der Waals surface area contributed by atoms with Crippen LogP contribution in [0, 0.1) is 0 Å². The number of fused-ring (bicyclic) bond motifs is 1. The molecule has 0 aliphatic heterocycles. The first kappa shape index (κ1) is 17.9. The van der Waals surface area contributed by atoms with Crippen molar-refractivity contribution in [3.63, 3.8) is 0 Å². The number of thiophene rings is 1. The predicted octanol–water partition coefficient (Wildman–Crippen LogP) is 5.15. The van der Waals surface area contributed by atoms with E-state index < -0.39 is 0 Å². The van der Waals surface area contributed by atoms with E-state index in [2.05, 4.69) is 4.90 Å². The topological polar surface area (TPSA) is 23.6 Å². The second-order valence-corrected chi connectivity index (χ2v) is 7.62. The molecule has 25 heavy (non-hydrogen) atoms. The summed E-state index contributed by atoms with van der Waals surface area (Å²) in [6.07, 6.45) is 0.899. The molecule has 0 aliphatic carbocycles. The smallest absolute Gasteiger partial charge is 0.269 e. The van der Waals surface area contributed by atoms with Crippen molar-refractivity contribution in [2.45, 2.75) is 6.42 Å². The van der Waals surface area contributed by atoms with Gasteiger partial charge in [0.1, 0.15) is 4.88 Å². The average Bonchev–Trinajstić information content (AvgIpc) is 2.96. The third-order valence-electron chi connectivity index (χ3n) is 4.03. The number of para-hydroxylation sites is 1. The lowest BCUT2D eigenvalue weighted by Gasteiger charge is -2.23. The summed E-state index contributed by atoms with van der Waals surface area (Å²) in [5.41, 5.74) is 0.903. The Balaban J connectivity index is 1.93. The molecule has 0 aliphatic rings. The molecular formula is C20H21ClN2OS. The first-order valence-corrected chi connectivity index (χ1v) is 9.46. The minimum atomic E-state index is -0.0313. The summed E-state index contributed by atoms with van der Waals surface area (Å²) in [6, 6.07) is 17.7. The van der Waals surface area contributed by atoms with E-state index in [1.807, 2.05) is 73.6 Å². The lowest BCUT2D eigenvalue weighted by Crippen LogP contribution is -2.33. The number of rotatable bonds is 6. The molecule has 0 N–H and O–H groups in total. The van der Waals surface area contributed by atoms with Crippen molar-refractivity contribution < 1.29 is 4.79 Å². The van der Waals surface area contributed by atoms with Crippen molar-refractivity contribution in [1.29, 1.82) is 0 Å². The first-order valence-electron chi connectivity index (χ1n) is 8.26. The Morgan fingerprint density at radius 1 is 1.00 bits per heavy atom. The van der Waals surface area contributed by atoms with Gasteiger partial charge in [-0.05, 0) is 45.3 Å². The molecule has 0 saturated heterocycles. The van der Waals surface area contributed by atoms with Gasteiger partial charge >= 0.3 is 0 Å². The minimum Gasteiger partial charge on any atom is -0.309 e. The van der Waals surface area contributed by atoms with Crippen molar-refractivity contribution >= 4 is 44.6 Å². The highest BCUT2D eigenvalue weighted by molar-refractivity contribution is 7.21. The largest absolute Gasteiger partial charge is 0.309 e. The van der Waals surface area contributed by atoms with Gasteiger partial charge in [0.15, 0.2) is 0 Å². The summed E-state index contributed by atoms with van der Waals surface area (Å²) in [4.78, 5) is 17.8. The van der Waals surface area contributed by atoms with Crippen LogP contribution in [-0.2, 0) is 0 Å². The van der Waals surface area contributed by atoms with Crippen LogP contribution in [0.25, 0.3) is 10.1 Å². The van der Waals surface area contributed by atoms with Gasteiger partial charge in [-0.3, -0.25) is 4.79 Å². The van der Waals surface area contributed by atoms with Gasteiger partial charge < -0.3 is 9.80 Å². The fraction of sp³-hybridized carbons (Fsp3) is 0.250. The van der Waals surface area contributed by atoms with Crippen molar-refractivity contribution in [3.8, 4) is 0 Å². The molecule has 0 atom stereocenters. The molecule has 0 fully saturated rings. The number of amides is 1. The van der Waals surface area contributed by atoms with E-state index >= 15 is 0 Å². The quantitative estimate of drug-likeness (QED) is 0.597. The molecular weight excluding hydrogens is 352 g/mol. The Bertz CT molecular complexity index is 861. The highest BCUT2D eigenvalue weighted by Crippen LogP contribution is 2.36. The van der Waals surface area contributed by atoms with E-state index in [1.54, 1.807) is 0 Å². The molecule has 0 unspecified atom stereocenters. The normalized spacial score (nSPS) is 11.2. The van der Waals surface area contributed by atoms with Crippen LogP contribution in [0.1, 0.15) is 16.1 Å². The maximum Gasteiger partial charge on any atom is 0.269 e. The lowest BCUT2D eigenvalue weighted by molar-refractivity contribution is 0.0990. The molecule has 3 nitrogen and oxygen atoms in total. The number of anilines is 1. The molecule has 3 aromatic rings. The van der Waals surface area contributed by atoms with Crippen molar-refractivity contribution in [2.75, 3.05) is 32.1 Å². The maximum absolute atomic E-state index is 13.2. The molecule has 0 spiro atoms. The van der Waals surface area contributed by atoms with E-state index in [0.717, 1.165) is 28.7 Å². The Morgan fingerprint density at radius 3 is 2.36 bits per heavy atom. The van der Waals surface area contributed by atoms with E-state index in [4.69, 9.17) is 11.6 Å². The number of carbonyl (C=O) groups is 1. The van der Waals surface area contributed by atoms with Crippen LogP contribution in [0.2, 0.25) is 5.02 Å². The van der Waals surface area contributed by atoms with Gasteiger partial charge in [-0.1, -0.05) is 48.0 Å². The van der Waals surface area contributed by atoms with Crippen molar-refractivity contribution in [1.82, 2.24) is 4.90 Å². The Hall–Kier alpha value is -1.88. The van der Waals surface area contributed by atoms with Crippen LogP contribution in [0.3, 0.4) is 0 Å². The monoisotopic (exact) mass is 372 g/mol. The van der Waals surface area contributed by atoms with E-state index in [1.165, 1.54) is 11.3 Å². The standard InChI is InChI=1S/C20H21ClN2OS/c1-22(2)13-8-14-23(15-9-4-3-5-10-15)20(24)19-18(21)16-11-6-7-12-17(16)25-19/h3-7,9-12H,8,13-14H2,1-2H3. The highest BCUT2D eigenvalue weighted by Gasteiger charge is 2.23. The van der Waals surface area contributed by atoms with Crippen molar-refractivity contribution in [2.24, 2.45) is 0 Å². The Kier molecular flexibility index (Phi) is 5.74. The van der Waals surface area contributed by atoms with Crippen LogP contribution in [0.15, 0.2) is 54.6 Å². The van der Waals surface area contributed by atoms with Crippen LogP contribution >= 0.6 is 22.9 Å². The number of carbonyl (C=O) groups excluding carboxylic acids is 1. The molecule has 0 radical (unpaired) electrons. The zero-order chi connectivity index (χ0) is 17.8. The van der Waals surface area contributed by atoms with Crippen LogP contribution in [-0.4, -0.2) is 38.0 Å². The SMILES string of the molecule is CN(C)CCCN(C(=O)c1sc2ccccc2c1Cl)c1ccccc1. The molecule has 1 aromatic heterocycles. The Morgan fingerprint density at radius 2 is 1.68 bits per heavy atom. The van der Waals surface area contributed by atoms with E-state index in [0.29, 0.717) is 16.4 Å². The fourth-order valence-corrected chi connectivity index (χ4v) is 4.24. The van der Waals surface area contributed by atoms with E-state index in [-0.39, 0.29) is 5.91 Å². The summed E-state index contributed by atoms with van der Waals surface area (Å²) in [5.74, 6) is -0.0313. The average molecular weight is 373 g/mol. The minimum absolute atomic E-state index is 0.0313. The predicted molar refractivity (Wildman–Crippen MR) is 108 cm³/mol. The van der Waals surface area contributed by atoms with Crippen molar-refractivity contribution in [3.05, 3.63) is 64.5 Å². The number of nitrogens with zero attached hydrogens (tertiary/aromatic N) is 2. The second-order valence-electron chi connectivity index (χ2n) is 6.19. The van der Waals surface area contributed by atoms with Gasteiger partial charge in [0, 0.05) is 22.3 Å². The molecule has 1 amide bonds. The first-order chi connectivity index (χ1) is 12.1. The van der Waals surface area contributed by atoms with Gasteiger partial charge in [-0.2, -0.15) is 0 Å². The third-order valence-corrected chi connectivity index (χ3v) is 5.69. The van der Waals surface area contributed by atoms with Crippen LogP contribution in [0.4, 0.5) is 5.69 Å². The summed E-state index contributed by atoms with van der Waals surface area (Å²) in [5, 5.41) is 1.50. The molecule has 0 saturated carbocycles. The van der Waals surface area contributed by atoms with Crippen LogP contribution < -0.4 is 4.90 Å². The second kappa shape index (κ2) is 8.00. The van der Waals surface area contributed by atoms with E-state index in [9.17, 15) is 4.79 Å². The molecule has 130 valence electrons. The summed E-state index contributed by atoms with van der Waals surface area (Å²) < 4.78 is 1.04. The van der Waals surface area contributed by atoms with Gasteiger partial charge in [-0.15, -0.1) is 11.3 Å². The zero-order valence-corrected chi connectivity index (χ0v) is 16.0. The van der Waals surface area contributed by atoms with Gasteiger partial charge in [0.05, 0.1) is 5.02 Å². The molecule has 2 aromatic carbocycles. The molecule has 5 heteroatoms. The Labute approximate surface area is 157 Å². The summed E-state index contributed by atoms with van der Waals surface area (Å²) in [6.45, 7) is 1.59. The van der Waals surface area contributed by atoms with Gasteiger partial charge in [0.25, 0.3) is 5.91 Å². The van der Waals surface area contributed by atoms with Gasteiger partial charge in [0.2, 0.25) is 0 Å². The number of hydrogen-bond acceptors (Lipinski definition) is 3. The maximum atomic E-state index is 13.2. The third kappa shape index (κ3) is 4.03. The molecule has 1 heterocycles. The summed E-state index contributed by atoms with van der Waals surface area (Å²) in [7, 11) is 4.08. The van der Waals surface area contributed by atoms with Crippen LogP contribution in [0.5, 0.6) is 0 Å². The number of halogens is 1. The van der Waals surface area contributed by atoms with Gasteiger partial charge in [-0.25, -0.2) is 0 Å². The number of hydrogen-bond donors (Lipinski definition) is 0. The molecule has 3 rings (SSSR count). The fourth-order valence-electron chi connectivity index (χ4n) is 2.78. The highest BCUT2D eigenvalue weighted by atomic mass is 35.5. The summed E-state index contributed by atoms with van der Waals surface area (Å²) >= 11 is 7.98. The number of benzene rings is 2. The molecule has 0 bridgehead atoms. The lowest BCUT2D eigenvalue weighted by atomic mass is 10.2.